The van der Waals surface area contributed by atoms with Crippen LogP contribution in [0.25, 0.3) is 0 Å². The number of phenols is 1. The van der Waals surface area contributed by atoms with Crippen molar-refractivity contribution in [3.8, 4) is 11.5 Å². The molecule has 2 aromatic carbocycles. The number of phenolic OH excluding ortho intramolecular Hbond substituents is 1. The van der Waals surface area contributed by atoms with Gasteiger partial charge in [0.25, 0.3) is 0 Å². The number of hydrogen-bond donors (Lipinski definition) is 1. The van der Waals surface area contributed by atoms with Gasteiger partial charge in [-0.1, -0.05) is 38.1 Å². The van der Waals surface area contributed by atoms with E-state index in [9.17, 15) is 9.63 Å². The topological polar surface area (TPSA) is 29.5 Å². The second kappa shape index (κ2) is 4.69. The molecule has 1 N–H and O–H groups in total. The zero-order chi connectivity index (χ0) is 13.2. The molecule has 0 bridgehead atoms. The van der Waals surface area contributed by atoms with Crippen molar-refractivity contribution in [1.29, 1.82) is 0 Å². The zero-order valence-electron chi connectivity index (χ0n) is 10.4. The number of hydrogen-bond acceptors (Lipinski definition) is 2. The molecule has 0 aliphatic rings. The molecule has 0 heterocycles. The van der Waals surface area contributed by atoms with Gasteiger partial charge in [0, 0.05) is 9.94 Å². The molecule has 94 valence electrons. The molecule has 0 fully saturated rings. The van der Waals surface area contributed by atoms with Gasteiger partial charge in [-0.2, -0.15) is 0 Å². The van der Waals surface area contributed by atoms with E-state index in [2.05, 4.69) is 18.8 Å². The Morgan fingerprint density at radius 1 is 0.889 bits per heavy atom. The lowest BCUT2D eigenvalue weighted by atomic mass is 9.78. The van der Waals surface area contributed by atoms with E-state index in [0.29, 0.717) is 0 Å². The quantitative estimate of drug-likeness (QED) is 0.887. The molecule has 0 saturated heterocycles. The van der Waals surface area contributed by atoms with Crippen molar-refractivity contribution in [3.63, 3.8) is 0 Å². The number of rotatable bonds is 3. The summed E-state index contributed by atoms with van der Waals surface area (Å²) in [5.41, 5.74) is 1.91. The van der Waals surface area contributed by atoms with Gasteiger partial charge in [-0.25, -0.2) is 0 Å². The van der Waals surface area contributed by atoms with Gasteiger partial charge < -0.3 is 5.11 Å². The molecule has 0 saturated carbocycles. The molecule has 0 aliphatic heterocycles. The highest BCUT2D eigenvalue weighted by Crippen LogP contribution is 2.33. The lowest BCUT2D eigenvalue weighted by Crippen LogP contribution is -2.18. The van der Waals surface area contributed by atoms with Crippen LogP contribution in [0.15, 0.2) is 48.5 Å². The Kier molecular flexibility index (Phi) is 3.24. The maximum absolute atomic E-state index is 12.0. The lowest BCUT2D eigenvalue weighted by Gasteiger charge is -2.26. The summed E-state index contributed by atoms with van der Waals surface area (Å²) in [4.78, 5) is 3.67. The van der Waals surface area contributed by atoms with E-state index in [-0.39, 0.29) is 16.9 Å². The fourth-order valence-corrected chi connectivity index (χ4v) is 1.97. The normalized spacial score (nSPS) is 11.3. The van der Waals surface area contributed by atoms with E-state index >= 15 is 0 Å². The molecule has 0 spiro atoms. The second-order valence-electron chi connectivity index (χ2n) is 4.77. The van der Waals surface area contributed by atoms with Gasteiger partial charge in [-0.05, 0) is 35.4 Å². The first-order valence-corrected chi connectivity index (χ1v) is 5.72. The minimum absolute atomic E-state index is 0.195. The molecule has 2 aromatic rings. The fourth-order valence-electron chi connectivity index (χ4n) is 1.97. The fraction of sp³-hybridized carbons (Fsp3) is 0.200. The van der Waals surface area contributed by atoms with Crippen LogP contribution in [0, 0.1) is 0 Å². The van der Waals surface area contributed by atoms with Gasteiger partial charge in [-0.15, -0.1) is 0 Å². The first-order valence-electron chi connectivity index (χ1n) is 5.72. The minimum Gasteiger partial charge on any atom is -0.508 e. The molecule has 0 atom stereocenters. The molecular weight excluding hydrogens is 231 g/mol. The van der Waals surface area contributed by atoms with Gasteiger partial charge in [0.1, 0.15) is 5.75 Å². The lowest BCUT2D eigenvalue weighted by molar-refractivity contribution is -0.00623. The third-order valence-corrected chi connectivity index (χ3v) is 3.25. The van der Waals surface area contributed by atoms with E-state index in [1.807, 2.05) is 24.3 Å². The van der Waals surface area contributed by atoms with Crippen molar-refractivity contribution in [3.05, 3.63) is 59.7 Å². The van der Waals surface area contributed by atoms with Gasteiger partial charge in [0.2, 0.25) is 0 Å². The highest BCUT2D eigenvalue weighted by molar-refractivity contribution is 5.41. The van der Waals surface area contributed by atoms with Crippen LogP contribution in [0.2, 0.25) is 0 Å². The number of benzene rings is 2. The Hall–Kier alpha value is -2.03. The molecule has 0 aliphatic carbocycles. The van der Waals surface area contributed by atoms with Crippen molar-refractivity contribution in [2.75, 3.05) is 0 Å². The van der Waals surface area contributed by atoms with Crippen LogP contribution in [-0.4, -0.2) is 5.11 Å². The SMILES string of the molecule is CC(C)(c1ccc(O)cc1)c1ccc(OF)cc1. The molecule has 0 aromatic heterocycles. The first kappa shape index (κ1) is 12.4. The monoisotopic (exact) mass is 246 g/mol. The Bertz CT molecular complexity index is 515. The van der Waals surface area contributed by atoms with Crippen molar-refractivity contribution < 1.29 is 14.6 Å². The average molecular weight is 246 g/mol. The standard InChI is InChI=1S/C15H15FO2/c1-15(2,11-3-7-13(17)8-4-11)12-5-9-14(18-16)10-6-12/h3-10,17H,1-2H3. The largest absolute Gasteiger partial charge is 0.508 e. The first-order chi connectivity index (χ1) is 8.54. The summed E-state index contributed by atoms with van der Waals surface area (Å²) in [6.07, 6.45) is 0. The van der Waals surface area contributed by atoms with E-state index in [1.165, 1.54) is 0 Å². The van der Waals surface area contributed by atoms with Crippen molar-refractivity contribution >= 4 is 0 Å². The van der Waals surface area contributed by atoms with Gasteiger partial charge >= 0.3 is 0 Å². The maximum atomic E-state index is 12.0. The van der Waals surface area contributed by atoms with E-state index in [0.717, 1.165) is 11.1 Å². The molecule has 0 unspecified atom stereocenters. The van der Waals surface area contributed by atoms with Crippen LogP contribution in [0.3, 0.4) is 0 Å². The third kappa shape index (κ3) is 2.30. The molecule has 18 heavy (non-hydrogen) atoms. The summed E-state index contributed by atoms with van der Waals surface area (Å²) < 4.78 is 12.0. The summed E-state index contributed by atoms with van der Waals surface area (Å²) in [5.74, 6) is 0.441. The molecule has 2 nitrogen and oxygen atoms in total. The summed E-state index contributed by atoms with van der Waals surface area (Å²) >= 11 is 0. The summed E-state index contributed by atoms with van der Waals surface area (Å²) in [6, 6.07) is 14.0. The summed E-state index contributed by atoms with van der Waals surface area (Å²) in [5, 5.41) is 9.30. The Morgan fingerprint density at radius 3 is 1.78 bits per heavy atom. The van der Waals surface area contributed by atoms with Gasteiger partial charge in [-0.3, -0.25) is 4.94 Å². The van der Waals surface area contributed by atoms with Crippen LogP contribution in [0.4, 0.5) is 4.53 Å². The van der Waals surface area contributed by atoms with Crippen LogP contribution in [0.5, 0.6) is 11.5 Å². The zero-order valence-corrected chi connectivity index (χ0v) is 10.4. The number of halogens is 1. The highest BCUT2D eigenvalue weighted by atomic mass is 19.3. The minimum atomic E-state index is -0.220. The van der Waals surface area contributed by atoms with E-state index in [1.54, 1.807) is 24.3 Å². The summed E-state index contributed by atoms with van der Waals surface area (Å²) in [7, 11) is 0. The Labute approximate surface area is 106 Å². The van der Waals surface area contributed by atoms with Crippen LogP contribution >= 0.6 is 0 Å². The molecule has 0 radical (unpaired) electrons. The van der Waals surface area contributed by atoms with E-state index < -0.39 is 0 Å². The Morgan fingerprint density at radius 2 is 1.33 bits per heavy atom. The van der Waals surface area contributed by atoms with Crippen molar-refractivity contribution in [2.24, 2.45) is 0 Å². The van der Waals surface area contributed by atoms with Crippen molar-refractivity contribution in [2.45, 2.75) is 19.3 Å². The molecular formula is C15H15FO2. The smallest absolute Gasteiger partial charge is 0.171 e. The second-order valence-corrected chi connectivity index (χ2v) is 4.77. The highest BCUT2D eigenvalue weighted by Gasteiger charge is 2.22. The van der Waals surface area contributed by atoms with Gasteiger partial charge in [0.15, 0.2) is 5.75 Å². The molecule has 0 amide bonds. The summed E-state index contributed by atoms with van der Waals surface area (Å²) in [6.45, 7) is 4.15. The van der Waals surface area contributed by atoms with Crippen molar-refractivity contribution in [1.82, 2.24) is 0 Å². The maximum Gasteiger partial charge on any atom is 0.171 e. The average Bonchev–Trinajstić information content (AvgIpc) is 2.39. The third-order valence-electron chi connectivity index (χ3n) is 3.25. The molecule has 3 heteroatoms. The molecule has 2 rings (SSSR count). The predicted octanol–water partition coefficient (Wildman–Crippen LogP) is 3.98. The van der Waals surface area contributed by atoms with Crippen LogP contribution < -0.4 is 4.94 Å². The number of aromatic hydroxyl groups is 1. The van der Waals surface area contributed by atoms with Crippen LogP contribution in [-0.2, 0) is 5.41 Å². The Balaban J connectivity index is 2.37. The van der Waals surface area contributed by atoms with Crippen LogP contribution in [0.1, 0.15) is 25.0 Å². The predicted molar refractivity (Wildman–Crippen MR) is 68.4 cm³/mol. The van der Waals surface area contributed by atoms with E-state index in [4.69, 9.17) is 0 Å². The van der Waals surface area contributed by atoms with Gasteiger partial charge in [0.05, 0.1) is 0 Å².